The summed E-state index contributed by atoms with van der Waals surface area (Å²) in [5.74, 6) is -0.505. The molecule has 2 bridgehead atoms. The summed E-state index contributed by atoms with van der Waals surface area (Å²) in [6.45, 7) is 6.09. The van der Waals surface area contributed by atoms with Crippen LogP contribution in [0.2, 0.25) is 0 Å². The molecule has 2 saturated heterocycles. The van der Waals surface area contributed by atoms with Gasteiger partial charge in [0.1, 0.15) is 12.1 Å². The van der Waals surface area contributed by atoms with Crippen LogP contribution in [0.25, 0.3) is 0 Å². The van der Waals surface area contributed by atoms with Crippen LogP contribution in [0.4, 0.5) is 0 Å². The van der Waals surface area contributed by atoms with Gasteiger partial charge in [-0.15, -0.1) is 0 Å². The van der Waals surface area contributed by atoms with Crippen molar-refractivity contribution in [3.63, 3.8) is 0 Å². The molecule has 1 aliphatic carbocycles. The van der Waals surface area contributed by atoms with E-state index >= 15 is 0 Å². The zero-order valence-corrected chi connectivity index (χ0v) is 10.4. The van der Waals surface area contributed by atoms with Gasteiger partial charge in [0, 0.05) is 12.0 Å². The van der Waals surface area contributed by atoms with Gasteiger partial charge in [-0.25, -0.2) is 0 Å². The molecule has 17 heavy (non-hydrogen) atoms. The normalized spacial score (nSPS) is 45.9. The highest BCUT2D eigenvalue weighted by molar-refractivity contribution is 5.77. The monoisotopic (exact) mass is 241 g/mol. The lowest BCUT2D eigenvalue weighted by molar-refractivity contribution is -0.158. The molecule has 5 heteroatoms. The van der Waals surface area contributed by atoms with Crippen LogP contribution in [0.1, 0.15) is 27.2 Å². The summed E-state index contributed by atoms with van der Waals surface area (Å²) in [6, 6.07) is -0.000110. The average Bonchev–Trinajstić information content (AvgIpc) is 2.85. The van der Waals surface area contributed by atoms with Crippen LogP contribution < -0.4 is 5.32 Å². The summed E-state index contributed by atoms with van der Waals surface area (Å²) in [6.07, 6.45) is 1.06. The van der Waals surface area contributed by atoms with Gasteiger partial charge in [-0.05, 0) is 27.2 Å². The lowest BCUT2D eigenvalue weighted by atomic mass is 9.96. The van der Waals surface area contributed by atoms with Gasteiger partial charge in [0.25, 0.3) is 0 Å². The van der Waals surface area contributed by atoms with E-state index in [1.807, 2.05) is 20.8 Å². The van der Waals surface area contributed by atoms with E-state index < -0.39 is 5.79 Å². The molecule has 0 radical (unpaired) electrons. The summed E-state index contributed by atoms with van der Waals surface area (Å²) in [7, 11) is 0. The van der Waals surface area contributed by atoms with Crippen LogP contribution in [0.3, 0.4) is 0 Å². The molecule has 0 aromatic rings. The molecule has 5 atom stereocenters. The summed E-state index contributed by atoms with van der Waals surface area (Å²) in [5, 5.41) is 3.30. The second-order valence-electron chi connectivity index (χ2n) is 5.47. The second kappa shape index (κ2) is 3.67. The molecule has 0 aromatic carbocycles. The van der Waals surface area contributed by atoms with E-state index in [1.165, 1.54) is 0 Å². The highest BCUT2D eigenvalue weighted by atomic mass is 16.8. The Hall–Kier alpha value is -0.650. The Morgan fingerprint density at radius 2 is 2.12 bits per heavy atom. The molecule has 3 rings (SSSR count). The zero-order valence-electron chi connectivity index (χ0n) is 10.4. The Bertz CT molecular complexity index is 343. The van der Waals surface area contributed by atoms with Crippen LogP contribution in [0.5, 0.6) is 0 Å². The second-order valence-corrected chi connectivity index (χ2v) is 5.47. The third-order valence-corrected chi connectivity index (χ3v) is 3.87. The SMILES string of the molecule is CCOC(=O)[C@@H]1N[C@H]2C[C@H]1[C@H]1OC(C)(C)O[C@@H]12. The van der Waals surface area contributed by atoms with Crippen molar-refractivity contribution in [2.45, 2.75) is 57.3 Å². The van der Waals surface area contributed by atoms with Crippen molar-refractivity contribution in [1.82, 2.24) is 5.32 Å². The van der Waals surface area contributed by atoms with Crippen molar-refractivity contribution in [1.29, 1.82) is 0 Å². The maximum atomic E-state index is 11.8. The van der Waals surface area contributed by atoms with Crippen LogP contribution in [0, 0.1) is 5.92 Å². The molecule has 5 nitrogen and oxygen atoms in total. The first-order valence-corrected chi connectivity index (χ1v) is 6.30. The van der Waals surface area contributed by atoms with Gasteiger partial charge >= 0.3 is 5.97 Å². The first-order chi connectivity index (χ1) is 8.02. The van der Waals surface area contributed by atoms with E-state index in [2.05, 4.69) is 5.32 Å². The van der Waals surface area contributed by atoms with Gasteiger partial charge in [-0.3, -0.25) is 10.1 Å². The van der Waals surface area contributed by atoms with E-state index in [0.29, 0.717) is 6.61 Å². The highest BCUT2D eigenvalue weighted by Gasteiger charge is 2.61. The Labute approximate surface area is 101 Å². The van der Waals surface area contributed by atoms with Crippen molar-refractivity contribution >= 4 is 5.97 Å². The molecule has 0 amide bonds. The van der Waals surface area contributed by atoms with E-state index in [4.69, 9.17) is 14.2 Å². The van der Waals surface area contributed by atoms with Crippen molar-refractivity contribution < 1.29 is 19.0 Å². The van der Waals surface area contributed by atoms with Crippen LogP contribution in [-0.4, -0.2) is 42.7 Å². The minimum atomic E-state index is -0.530. The lowest BCUT2D eigenvalue weighted by Crippen LogP contribution is -2.53. The van der Waals surface area contributed by atoms with Crippen LogP contribution in [0.15, 0.2) is 0 Å². The number of piperidine rings is 1. The molecule has 3 fully saturated rings. The molecular formula is C12H19NO4. The van der Waals surface area contributed by atoms with Gasteiger partial charge in [0.2, 0.25) is 0 Å². The minimum absolute atomic E-state index is 0.0330. The number of hydrogen-bond acceptors (Lipinski definition) is 5. The average molecular weight is 241 g/mol. The Kier molecular flexibility index (Phi) is 2.47. The Morgan fingerprint density at radius 3 is 2.82 bits per heavy atom. The molecule has 2 heterocycles. The smallest absolute Gasteiger partial charge is 0.323 e. The number of esters is 1. The van der Waals surface area contributed by atoms with Gasteiger partial charge in [0.15, 0.2) is 5.79 Å². The molecule has 2 aliphatic heterocycles. The van der Waals surface area contributed by atoms with Gasteiger partial charge in [-0.2, -0.15) is 0 Å². The first-order valence-electron chi connectivity index (χ1n) is 6.30. The molecule has 0 aromatic heterocycles. The Morgan fingerprint density at radius 1 is 1.41 bits per heavy atom. The predicted octanol–water partition coefficient (Wildman–Crippen LogP) is 0.430. The maximum absolute atomic E-state index is 11.8. The zero-order chi connectivity index (χ0) is 12.2. The summed E-state index contributed by atoms with van der Waals surface area (Å²) in [4.78, 5) is 11.8. The van der Waals surface area contributed by atoms with E-state index in [9.17, 15) is 4.79 Å². The number of carbonyl (C=O) groups is 1. The van der Waals surface area contributed by atoms with E-state index in [0.717, 1.165) is 6.42 Å². The van der Waals surface area contributed by atoms with Crippen molar-refractivity contribution in [2.24, 2.45) is 5.92 Å². The van der Waals surface area contributed by atoms with Crippen molar-refractivity contribution in [2.75, 3.05) is 6.61 Å². The molecule has 96 valence electrons. The number of fused-ring (bicyclic) bond motifs is 5. The van der Waals surface area contributed by atoms with Gasteiger partial charge in [-0.1, -0.05) is 0 Å². The fourth-order valence-electron chi connectivity index (χ4n) is 3.34. The van der Waals surface area contributed by atoms with Gasteiger partial charge < -0.3 is 14.2 Å². The first kappa shape index (κ1) is 11.4. The van der Waals surface area contributed by atoms with Crippen molar-refractivity contribution in [3.05, 3.63) is 0 Å². The van der Waals surface area contributed by atoms with Crippen LogP contribution in [-0.2, 0) is 19.0 Å². The third kappa shape index (κ3) is 1.68. The summed E-state index contributed by atoms with van der Waals surface area (Å²) < 4.78 is 16.8. The molecule has 1 saturated carbocycles. The third-order valence-electron chi connectivity index (χ3n) is 3.87. The maximum Gasteiger partial charge on any atom is 0.323 e. The number of ether oxygens (including phenoxy) is 3. The summed E-state index contributed by atoms with van der Waals surface area (Å²) in [5.41, 5.74) is 0. The molecule has 0 unspecified atom stereocenters. The van der Waals surface area contributed by atoms with Crippen molar-refractivity contribution in [3.8, 4) is 0 Å². The molecular weight excluding hydrogens is 222 g/mol. The number of carbonyl (C=O) groups excluding carboxylic acids is 1. The fourth-order valence-corrected chi connectivity index (χ4v) is 3.34. The predicted molar refractivity (Wildman–Crippen MR) is 59.3 cm³/mol. The van der Waals surface area contributed by atoms with E-state index in [1.54, 1.807) is 0 Å². The fraction of sp³-hybridized carbons (Fsp3) is 0.917. The van der Waals surface area contributed by atoms with Crippen LogP contribution >= 0.6 is 0 Å². The molecule has 0 spiro atoms. The standard InChI is InChI=1S/C12H19NO4/c1-4-15-11(14)8-6-5-7(13-8)10-9(6)16-12(2,3)17-10/h6-10,13H,4-5H2,1-3H3/t6-,7+,8-,9-,10-/m1/s1. The largest absolute Gasteiger partial charge is 0.465 e. The molecule has 3 aliphatic rings. The molecule has 1 N–H and O–H groups in total. The summed E-state index contributed by atoms with van der Waals surface area (Å²) >= 11 is 0. The topological polar surface area (TPSA) is 56.8 Å². The lowest BCUT2D eigenvalue weighted by Gasteiger charge is -2.28. The quantitative estimate of drug-likeness (QED) is 0.710. The number of hydrogen-bond donors (Lipinski definition) is 1. The van der Waals surface area contributed by atoms with Gasteiger partial charge in [0.05, 0.1) is 12.7 Å². The highest BCUT2D eigenvalue weighted by Crippen LogP contribution is 2.46. The number of rotatable bonds is 2. The number of nitrogens with one attached hydrogen (secondary N) is 1. The van der Waals surface area contributed by atoms with E-state index in [-0.39, 0.29) is 36.2 Å². The Balaban J connectivity index is 1.74. The minimum Gasteiger partial charge on any atom is -0.465 e.